The van der Waals surface area contributed by atoms with E-state index in [1.54, 1.807) is 24.3 Å². The number of aryl methyl sites for hydroxylation is 2. The smallest absolute Gasteiger partial charge is 0.408 e. The Kier molecular flexibility index (Phi) is 26.5. The number of carbonyl (C=O) groups excluding carboxylic acids is 4. The number of aromatic hydroxyl groups is 2. The minimum absolute atomic E-state index is 0.0278. The maximum atomic E-state index is 14.2. The monoisotopic (exact) mass is 1230 g/mol. The number of carbonyl (C=O) groups is 10. The minimum atomic E-state index is -1.69. The molecule has 0 bridgehead atoms. The van der Waals surface area contributed by atoms with Gasteiger partial charge >= 0.3 is 41.9 Å². The lowest BCUT2D eigenvalue weighted by atomic mass is 9.81. The number of hydrogen-bond acceptors (Lipinski definition) is 15. The Morgan fingerprint density at radius 2 is 1.10 bits per heavy atom. The lowest BCUT2D eigenvalue weighted by Crippen LogP contribution is -2.50. The Hall–Kier alpha value is -9.36. The van der Waals surface area contributed by atoms with Gasteiger partial charge in [-0.25, -0.2) is 14.4 Å². The van der Waals surface area contributed by atoms with Crippen molar-refractivity contribution in [1.29, 1.82) is 0 Å². The van der Waals surface area contributed by atoms with E-state index in [4.69, 9.17) is 14.9 Å². The second kappa shape index (κ2) is 34.3. The molecule has 12 N–H and O–H groups in total. The van der Waals surface area contributed by atoms with Crippen molar-refractivity contribution < 1.29 is 93.5 Å². The highest BCUT2D eigenvalue weighted by Gasteiger charge is 2.32. The van der Waals surface area contributed by atoms with Gasteiger partial charge in [0.15, 0.2) is 0 Å². The van der Waals surface area contributed by atoms with Crippen molar-refractivity contribution >= 4 is 81.2 Å². The fraction of sp³-hybridized carbons (Fsp3) is 0.438. The van der Waals surface area contributed by atoms with Gasteiger partial charge in [0.1, 0.15) is 23.6 Å². The predicted molar refractivity (Wildman–Crippen MR) is 323 cm³/mol. The quantitative estimate of drug-likeness (QED) is 0.0169. The third-order valence-electron chi connectivity index (χ3n) is 15.7. The minimum Gasteiger partial charge on any atom is -0.508 e. The summed E-state index contributed by atoms with van der Waals surface area (Å²) in [6, 6.07) is 24.5. The van der Waals surface area contributed by atoms with Gasteiger partial charge in [-0.15, -0.1) is 0 Å². The maximum Gasteiger partial charge on any atom is 0.408 e. The molecule has 1 saturated carbocycles. The molecule has 25 nitrogen and oxygen atoms in total. The molecule has 0 heterocycles. The zero-order valence-electron chi connectivity index (χ0n) is 49.3. The lowest BCUT2D eigenvalue weighted by Gasteiger charge is -2.29. The summed E-state index contributed by atoms with van der Waals surface area (Å²) in [5.74, 6) is -9.00. The zero-order chi connectivity index (χ0) is 64.6. The van der Waals surface area contributed by atoms with E-state index in [0.717, 1.165) is 27.1 Å². The molecule has 0 radical (unpaired) electrons. The van der Waals surface area contributed by atoms with Crippen LogP contribution in [0.1, 0.15) is 105 Å². The summed E-state index contributed by atoms with van der Waals surface area (Å²) < 4.78 is 4.89. The first-order chi connectivity index (χ1) is 42.5. The van der Waals surface area contributed by atoms with Crippen molar-refractivity contribution in [3.63, 3.8) is 0 Å². The van der Waals surface area contributed by atoms with Gasteiger partial charge in [0, 0.05) is 82.0 Å². The number of benzene rings is 5. The molecular formula is C64H78N6O19. The van der Waals surface area contributed by atoms with Crippen LogP contribution in [-0.4, -0.2) is 168 Å². The lowest BCUT2D eigenvalue weighted by molar-refractivity contribution is -0.148. The number of fused-ring (bicyclic) bond motifs is 2. The average molecular weight is 1240 g/mol. The number of alkyl carbamates (subject to hydrolysis) is 1. The Labute approximate surface area is 513 Å². The standard InChI is InChI=1S/C64H78N6O19/c71-52-23-17-39(30-45(52)35-69(37-58(78)79)28-29-70(38-59(80)81)36-46-31-40(18-24-53(46)72)20-26-57(76)77)19-25-55(73)66-34-41-15-21-42(22-16-41)60(82)67-51(33-49-47-10-3-1-8-43(47)32-44-9-2-4-11-48(44)49)61(83)65-27-6-5-12-50(62(84)85)68-64(88)89-54(63(86)87)13-7-14-56(74)75/h1-4,8-11,17-18,23-24,30-32,41-42,50-51,54,71-72H,5-7,12-16,19-22,25-29,33-38H2,(H,65,83)(H,66,73)(H,67,82)(H,68,88)(H,74,75)(H,76,77)(H,78,79)(H,80,81)(H,84,85)(H,86,87)/t41-,42-,50-,51-,54+/m0/s1. The molecule has 0 saturated heterocycles. The first kappa shape index (κ1) is 68.7. The van der Waals surface area contributed by atoms with E-state index in [0.29, 0.717) is 54.5 Å². The van der Waals surface area contributed by atoms with Crippen LogP contribution in [0.4, 0.5) is 4.79 Å². The summed E-state index contributed by atoms with van der Waals surface area (Å²) >= 11 is 0. The molecule has 1 aliphatic carbocycles. The third-order valence-corrected chi connectivity index (χ3v) is 15.7. The third kappa shape index (κ3) is 22.7. The number of nitrogens with one attached hydrogen (secondary N) is 4. The Morgan fingerprint density at radius 1 is 0.551 bits per heavy atom. The van der Waals surface area contributed by atoms with Crippen molar-refractivity contribution in [2.75, 3.05) is 39.3 Å². The Balaban J connectivity index is 1.00. The van der Waals surface area contributed by atoms with Crippen LogP contribution in [0.2, 0.25) is 0 Å². The molecule has 0 unspecified atom stereocenters. The van der Waals surface area contributed by atoms with Crippen molar-refractivity contribution in [2.24, 2.45) is 11.8 Å². The van der Waals surface area contributed by atoms with Crippen LogP contribution in [0.25, 0.3) is 21.5 Å². The van der Waals surface area contributed by atoms with E-state index >= 15 is 0 Å². The molecule has 5 aromatic rings. The van der Waals surface area contributed by atoms with Gasteiger partial charge in [-0.1, -0.05) is 72.8 Å². The first-order valence-corrected chi connectivity index (χ1v) is 29.6. The highest BCUT2D eigenvalue weighted by Crippen LogP contribution is 2.32. The van der Waals surface area contributed by atoms with Crippen LogP contribution < -0.4 is 21.3 Å². The molecule has 1 aliphatic rings. The molecule has 3 atom stereocenters. The van der Waals surface area contributed by atoms with Gasteiger partial charge < -0.3 is 66.9 Å². The first-order valence-electron chi connectivity index (χ1n) is 29.6. The molecule has 0 spiro atoms. The molecule has 6 rings (SSSR count). The Morgan fingerprint density at radius 3 is 1.63 bits per heavy atom. The molecule has 25 heteroatoms. The highest BCUT2D eigenvalue weighted by molar-refractivity contribution is 6.03. The Bertz CT molecular complexity index is 3280. The second-order valence-corrected chi connectivity index (χ2v) is 22.5. The summed E-state index contributed by atoms with van der Waals surface area (Å²) in [5, 5.41) is 92.8. The number of carboxylic acids is 6. The van der Waals surface area contributed by atoms with Crippen molar-refractivity contribution in [3.05, 3.63) is 119 Å². The van der Waals surface area contributed by atoms with Gasteiger partial charge in [0.2, 0.25) is 23.8 Å². The maximum absolute atomic E-state index is 14.2. The van der Waals surface area contributed by atoms with Gasteiger partial charge in [-0.2, -0.15) is 0 Å². The van der Waals surface area contributed by atoms with Crippen molar-refractivity contribution in [3.8, 4) is 11.5 Å². The number of nitrogens with zero attached hydrogens (tertiary/aromatic N) is 2. The van der Waals surface area contributed by atoms with E-state index in [1.165, 1.54) is 21.9 Å². The van der Waals surface area contributed by atoms with E-state index in [2.05, 4.69) is 27.3 Å². The molecule has 4 amide bonds. The SMILES string of the molecule is O=C(O)CCC[C@@H](OC(=O)N[C@@H](CCCCNC(=O)[C@H](Cc1c2ccccc2cc2ccccc12)NC(=O)[C@H]1CC[C@H](CNC(=O)CCc2ccc(O)c(CN(CCN(CC(=O)O)Cc3cc(CCC(=O)O)ccc3O)CC(=O)O)c2)CC1)C(=O)O)C(=O)O. The van der Waals surface area contributed by atoms with Gasteiger partial charge in [-0.3, -0.25) is 43.4 Å². The molecule has 1 fully saturated rings. The van der Waals surface area contributed by atoms with Crippen molar-refractivity contribution in [2.45, 2.75) is 128 Å². The van der Waals surface area contributed by atoms with Crippen LogP contribution in [0.5, 0.6) is 11.5 Å². The van der Waals surface area contributed by atoms with Crippen LogP contribution in [-0.2, 0) is 80.2 Å². The summed E-state index contributed by atoms with van der Waals surface area (Å²) in [5.41, 5.74) is 2.94. The number of hydrogen-bond donors (Lipinski definition) is 12. The zero-order valence-corrected chi connectivity index (χ0v) is 49.3. The van der Waals surface area contributed by atoms with Crippen LogP contribution in [0.15, 0.2) is 91.0 Å². The normalized spacial score (nSPS) is 14.9. The van der Waals surface area contributed by atoms with Gasteiger partial charge in [-0.05, 0) is 133 Å². The van der Waals surface area contributed by atoms with E-state index in [9.17, 15) is 78.6 Å². The number of phenolic OH excluding ortho intramolecular Hbond substituents is 2. The summed E-state index contributed by atoms with van der Waals surface area (Å²) in [4.78, 5) is 127. The number of aliphatic carboxylic acids is 6. The molecule has 0 aromatic heterocycles. The number of unbranched alkanes of at least 4 members (excludes halogenated alkanes) is 1. The fourth-order valence-corrected chi connectivity index (χ4v) is 11.0. The van der Waals surface area contributed by atoms with E-state index in [-0.39, 0.29) is 133 Å². The molecule has 89 heavy (non-hydrogen) atoms. The summed E-state index contributed by atoms with van der Waals surface area (Å²) in [6.45, 7) is -0.409. The van der Waals surface area contributed by atoms with Crippen LogP contribution in [0.3, 0.4) is 0 Å². The molecular weight excluding hydrogens is 1160 g/mol. The fourth-order valence-electron chi connectivity index (χ4n) is 11.0. The number of amides is 4. The number of rotatable bonds is 37. The van der Waals surface area contributed by atoms with Crippen molar-refractivity contribution in [1.82, 2.24) is 31.1 Å². The van der Waals surface area contributed by atoms with E-state index < -0.39 is 85.0 Å². The number of carboxylic acid groups (broad SMARTS) is 6. The average Bonchev–Trinajstić information content (AvgIpc) is 1.16. The van der Waals surface area contributed by atoms with Crippen LogP contribution >= 0.6 is 0 Å². The number of ether oxygens (including phenoxy) is 1. The van der Waals surface area contributed by atoms with E-state index in [1.807, 2.05) is 48.5 Å². The highest BCUT2D eigenvalue weighted by atomic mass is 16.6. The molecule has 5 aromatic carbocycles. The molecule has 0 aliphatic heterocycles. The second-order valence-electron chi connectivity index (χ2n) is 22.5. The number of phenols is 2. The van der Waals surface area contributed by atoms with Crippen LogP contribution in [0, 0.1) is 11.8 Å². The largest absolute Gasteiger partial charge is 0.508 e. The topological polar surface area (TPSA) is 396 Å². The molecule has 478 valence electrons. The van der Waals surface area contributed by atoms with Gasteiger partial charge in [0.05, 0.1) is 13.1 Å². The summed E-state index contributed by atoms with van der Waals surface area (Å²) in [7, 11) is 0. The predicted octanol–water partition coefficient (Wildman–Crippen LogP) is 5.65. The van der Waals surface area contributed by atoms with Gasteiger partial charge in [0.25, 0.3) is 0 Å². The summed E-state index contributed by atoms with van der Waals surface area (Å²) in [6.07, 6.45) is -0.590.